The van der Waals surface area contributed by atoms with E-state index in [1.54, 1.807) is 0 Å². The van der Waals surface area contributed by atoms with E-state index in [9.17, 15) is 0 Å². The Morgan fingerprint density at radius 2 is 1.17 bits per heavy atom. The van der Waals surface area contributed by atoms with E-state index in [0.717, 1.165) is 33.3 Å². The van der Waals surface area contributed by atoms with E-state index in [-0.39, 0.29) is 5.41 Å². The molecule has 1 aromatic heterocycles. The van der Waals surface area contributed by atoms with E-state index in [0.29, 0.717) is 0 Å². The van der Waals surface area contributed by atoms with Crippen molar-refractivity contribution in [2.45, 2.75) is 19.3 Å². The van der Waals surface area contributed by atoms with Crippen LogP contribution in [0, 0.1) is 0 Å². The largest absolute Gasteiger partial charge is 0.456 e. The van der Waals surface area contributed by atoms with Crippen LogP contribution < -0.4 is 5.32 Å². The fourth-order valence-corrected chi connectivity index (χ4v) is 6.49. The van der Waals surface area contributed by atoms with Crippen LogP contribution in [-0.4, -0.2) is 0 Å². The van der Waals surface area contributed by atoms with Gasteiger partial charge in [0.05, 0.1) is 0 Å². The van der Waals surface area contributed by atoms with Crippen LogP contribution in [0.2, 0.25) is 0 Å². The predicted octanol–water partition coefficient (Wildman–Crippen LogP) is 11.0. The molecule has 1 heterocycles. The number of furan rings is 1. The van der Waals surface area contributed by atoms with Crippen LogP contribution in [0.3, 0.4) is 0 Å². The standard InChI is InChI=1S/C39H29NO/c1-39(2)35-19-15-27(25-9-4-3-5-10-25)22-33(35)31-18-17-30(24-36(31)39)40-29-12-8-11-26(21-29)28-16-20-38-34(23-28)32-13-6-7-14-37(32)41-38/h3-24,40H,1-2H3. The Balaban J connectivity index is 1.12. The molecule has 0 aliphatic heterocycles. The van der Waals surface area contributed by atoms with Crippen LogP contribution in [0.5, 0.6) is 0 Å². The number of anilines is 2. The number of hydrogen-bond donors (Lipinski definition) is 1. The first-order valence-electron chi connectivity index (χ1n) is 14.2. The Kier molecular flexibility index (Phi) is 5.20. The van der Waals surface area contributed by atoms with E-state index in [4.69, 9.17) is 4.42 Å². The fraction of sp³-hybridized carbons (Fsp3) is 0.0769. The SMILES string of the molecule is CC1(C)c2ccc(-c3ccccc3)cc2-c2ccc(Nc3cccc(-c4ccc5oc6ccccc6c5c4)c3)cc21. The maximum absolute atomic E-state index is 6.04. The van der Waals surface area contributed by atoms with Gasteiger partial charge in [-0.2, -0.15) is 0 Å². The molecule has 1 N–H and O–H groups in total. The topological polar surface area (TPSA) is 25.2 Å². The molecule has 6 aromatic carbocycles. The van der Waals surface area contributed by atoms with Gasteiger partial charge in [0.25, 0.3) is 0 Å². The van der Waals surface area contributed by atoms with Crippen LogP contribution >= 0.6 is 0 Å². The second kappa shape index (κ2) is 8.97. The third kappa shape index (κ3) is 3.87. The van der Waals surface area contributed by atoms with Gasteiger partial charge in [0.2, 0.25) is 0 Å². The number of rotatable bonds is 4. The van der Waals surface area contributed by atoms with Gasteiger partial charge in [0.15, 0.2) is 0 Å². The van der Waals surface area contributed by atoms with Gasteiger partial charge in [-0.1, -0.05) is 98.8 Å². The molecule has 1 aliphatic rings. The molecule has 0 bridgehead atoms. The Labute approximate surface area is 239 Å². The summed E-state index contributed by atoms with van der Waals surface area (Å²) in [7, 11) is 0. The Hall–Kier alpha value is -5.08. The van der Waals surface area contributed by atoms with Crippen LogP contribution in [0.4, 0.5) is 11.4 Å². The minimum absolute atomic E-state index is 0.0673. The summed E-state index contributed by atoms with van der Waals surface area (Å²) in [5, 5.41) is 5.98. The lowest BCUT2D eigenvalue weighted by Gasteiger charge is -2.22. The highest BCUT2D eigenvalue weighted by atomic mass is 16.3. The summed E-state index contributed by atoms with van der Waals surface area (Å²) in [6.07, 6.45) is 0. The zero-order valence-electron chi connectivity index (χ0n) is 23.1. The van der Waals surface area contributed by atoms with Crippen LogP contribution in [0.1, 0.15) is 25.0 Å². The van der Waals surface area contributed by atoms with Gasteiger partial charge < -0.3 is 9.73 Å². The normalized spacial score (nSPS) is 13.3. The molecule has 0 atom stereocenters. The highest BCUT2D eigenvalue weighted by Crippen LogP contribution is 2.50. The zero-order valence-corrected chi connectivity index (χ0v) is 23.1. The van der Waals surface area contributed by atoms with Gasteiger partial charge in [0.1, 0.15) is 11.2 Å². The minimum atomic E-state index is -0.0673. The summed E-state index contributed by atoms with van der Waals surface area (Å²) in [6.45, 7) is 4.67. The van der Waals surface area contributed by atoms with E-state index in [1.165, 1.54) is 44.5 Å². The van der Waals surface area contributed by atoms with E-state index in [1.807, 2.05) is 12.1 Å². The summed E-state index contributed by atoms with van der Waals surface area (Å²) in [5.74, 6) is 0. The molecule has 0 amide bonds. The predicted molar refractivity (Wildman–Crippen MR) is 172 cm³/mol. The fourth-order valence-electron chi connectivity index (χ4n) is 6.49. The molecular weight excluding hydrogens is 498 g/mol. The molecule has 196 valence electrons. The Morgan fingerprint density at radius 1 is 0.463 bits per heavy atom. The molecule has 1 aliphatic carbocycles. The lowest BCUT2D eigenvalue weighted by molar-refractivity contribution is 0.660. The molecule has 2 heteroatoms. The maximum Gasteiger partial charge on any atom is 0.135 e. The molecule has 0 saturated heterocycles. The van der Waals surface area contributed by atoms with Gasteiger partial charge in [-0.3, -0.25) is 0 Å². The molecule has 0 fully saturated rings. The Morgan fingerprint density at radius 3 is 2.07 bits per heavy atom. The molecule has 0 radical (unpaired) electrons. The zero-order chi connectivity index (χ0) is 27.6. The van der Waals surface area contributed by atoms with Crippen molar-refractivity contribution >= 4 is 33.3 Å². The van der Waals surface area contributed by atoms with E-state index >= 15 is 0 Å². The van der Waals surface area contributed by atoms with Crippen molar-refractivity contribution in [3.63, 3.8) is 0 Å². The average molecular weight is 528 g/mol. The monoisotopic (exact) mass is 527 g/mol. The summed E-state index contributed by atoms with van der Waals surface area (Å²) >= 11 is 0. The van der Waals surface area contributed by atoms with Crippen LogP contribution in [0.25, 0.3) is 55.3 Å². The van der Waals surface area contributed by atoms with Crippen molar-refractivity contribution in [1.29, 1.82) is 0 Å². The highest BCUT2D eigenvalue weighted by Gasteiger charge is 2.35. The average Bonchev–Trinajstić information content (AvgIpc) is 3.49. The first kappa shape index (κ1) is 23.8. The van der Waals surface area contributed by atoms with Crippen molar-refractivity contribution in [2.75, 3.05) is 5.32 Å². The van der Waals surface area contributed by atoms with E-state index < -0.39 is 0 Å². The molecule has 0 spiro atoms. The molecule has 2 nitrogen and oxygen atoms in total. The number of fused-ring (bicyclic) bond motifs is 6. The van der Waals surface area contributed by atoms with E-state index in [2.05, 4.69) is 140 Å². The number of benzene rings is 6. The first-order chi connectivity index (χ1) is 20.0. The number of hydrogen-bond acceptors (Lipinski definition) is 2. The molecular formula is C39H29NO. The maximum atomic E-state index is 6.04. The van der Waals surface area contributed by atoms with Crippen LogP contribution in [-0.2, 0) is 5.41 Å². The molecule has 0 saturated carbocycles. The van der Waals surface area contributed by atoms with Crippen molar-refractivity contribution in [2.24, 2.45) is 0 Å². The third-order valence-corrected chi connectivity index (χ3v) is 8.64. The van der Waals surface area contributed by atoms with Gasteiger partial charge >= 0.3 is 0 Å². The molecule has 0 unspecified atom stereocenters. The Bertz CT molecular complexity index is 2100. The van der Waals surface area contributed by atoms with Crippen LogP contribution in [0.15, 0.2) is 138 Å². The second-order valence-corrected chi connectivity index (χ2v) is 11.5. The molecule has 8 rings (SSSR count). The summed E-state index contributed by atoms with van der Waals surface area (Å²) < 4.78 is 6.04. The number of nitrogens with one attached hydrogen (secondary N) is 1. The van der Waals surface area contributed by atoms with Gasteiger partial charge in [0, 0.05) is 27.6 Å². The first-order valence-corrected chi connectivity index (χ1v) is 14.2. The van der Waals surface area contributed by atoms with Gasteiger partial charge in [-0.15, -0.1) is 0 Å². The highest BCUT2D eigenvalue weighted by molar-refractivity contribution is 6.06. The quantitative estimate of drug-likeness (QED) is 0.246. The smallest absolute Gasteiger partial charge is 0.135 e. The molecule has 41 heavy (non-hydrogen) atoms. The van der Waals surface area contributed by atoms with Crippen molar-refractivity contribution in [3.8, 4) is 33.4 Å². The third-order valence-electron chi connectivity index (χ3n) is 8.64. The minimum Gasteiger partial charge on any atom is -0.456 e. The lowest BCUT2D eigenvalue weighted by Crippen LogP contribution is -2.15. The summed E-state index contributed by atoms with van der Waals surface area (Å²) in [5.41, 5.74) is 14.2. The summed E-state index contributed by atoms with van der Waals surface area (Å²) in [6, 6.07) is 47.7. The van der Waals surface area contributed by atoms with Gasteiger partial charge in [-0.25, -0.2) is 0 Å². The summed E-state index contributed by atoms with van der Waals surface area (Å²) in [4.78, 5) is 0. The van der Waals surface area contributed by atoms with Crippen molar-refractivity contribution in [1.82, 2.24) is 0 Å². The number of para-hydroxylation sites is 1. The van der Waals surface area contributed by atoms with Gasteiger partial charge in [-0.05, 0) is 93.0 Å². The lowest BCUT2D eigenvalue weighted by atomic mass is 9.82. The second-order valence-electron chi connectivity index (χ2n) is 11.5. The van der Waals surface area contributed by atoms with Crippen molar-refractivity contribution < 1.29 is 4.42 Å². The molecule has 7 aromatic rings. The van der Waals surface area contributed by atoms with Crippen molar-refractivity contribution in [3.05, 3.63) is 145 Å².